The highest BCUT2D eigenvalue weighted by molar-refractivity contribution is 5.94. The Bertz CT molecular complexity index is 1050. The Kier molecular flexibility index (Phi) is 5.48. The first-order chi connectivity index (χ1) is 14.2. The molecule has 0 unspecified atom stereocenters. The molecule has 6 heteroatoms. The van der Waals surface area contributed by atoms with Crippen molar-refractivity contribution >= 4 is 11.7 Å². The lowest BCUT2D eigenvalue weighted by atomic mass is 10.1. The number of rotatable bonds is 2. The molecule has 0 aliphatic carbocycles. The summed E-state index contributed by atoms with van der Waals surface area (Å²) in [6, 6.07) is 15.5. The van der Waals surface area contributed by atoms with E-state index < -0.39 is 5.82 Å². The van der Waals surface area contributed by atoms with E-state index in [1.54, 1.807) is 29.4 Å². The van der Waals surface area contributed by atoms with Crippen molar-refractivity contribution in [3.8, 4) is 11.8 Å². The lowest BCUT2D eigenvalue weighted by Crippen LogP contribution is -2.49. The van der Waals surface area contributed by atoms with Crippen LogP contribution in [0.15, 0.2) is 67.0 Å². The van der Waals surface area contributed by atoms with Gasteiger partial charge in [-0.1, -0.05) is 18.1 Å². The second kappa shape index (κ2) is 8.53. The largest absolute Gasteiger partial charge is 0.353 e. The molecule has 4 rings (SSSR count). The van der Waals surface area contributed by atoms with Gasteiger partial charge in [-0.15, -0.1) is 0 Å². The number of benzene rings is 1. The summed E-state index contributed by atoms with van der Waals surface area (Å²) in [6.45, 7) is 2.58. The van der Waals surface area contributed by atoms with Gasteiger partial charge in [0.2, 0.25) is 0 Å². The van der Waals surface area contributed by atoms with Crippen molar-refractivity contribution in [2.24, 2.45) is 0 Å². The Hall–Kier alpha value is -3.72. The standard InChI is InChI=1S/C23H19FN4O/c24-21-10-8-19(17-18(21)7-9-20-5-1-3-11-25-20)23(29)28-15-13-27(14-16-28)22-6-2-4-12-26-22/h1-6,8,10-12,17H,13-16H2. The van der Waals surface area contributed by atoms with Gasteiger partial charge in [0.1, 0.15) is 17.3 Å². The summed E-state index contributed by atoms with van der Waals surface area (Å²) >= 11 is 0. The van der Waals surface area contributed by atoms with Crippen molar-refractivity contribution in [3.63, 3.8) is 0 Å². The van der Waals surface area contributed by atoms with Crippen LogP contribution in [0.25, 0.3) is 0 Å². The number of carbonyl (C=O) groups is 1. The van der Waals surface area contributed by atoms with E-state index in [4.69, 9.17) is 0 Å². The lowest BCUT2D eigenvalue weighted by Gasteiger charge is -2.35. The number of hydrogen-bond donors (Lipinski definition) is 0. The van der Waals surface area contributed by atoms with Crippen LogP contribution in [-0.2, 0) is 0 Å². The van der Waals surface area contributed by atoms with Gasteiger partial charge in [-0.3, -0.25) is 4.79 Å². The van der Waals surface area contributed by atoms with Crippen LogP contribution in [0.1, 0.15) is 21.6 Å². The number of amides is 1. The second-order valence-corrected chi connectivity index (χ2v) is 6.63. The average Bonchev–Trinajstić information content (AvgIpc) is 2.79. The molecule has 0 atom stereocenters. The van der Waals surface area contributed by atoms with E-state index in [0.29, 0.717) is 37.4 Å². The number of hydrogen-bond acceptors (Lipinski definition) is 4. The first kappa shape index (κ1) is 18.6. The minimum atomic E-state index is -0.454. The second-order valence-electron chi connectivity index (χ2n) is 6.63. The molecule has 1 aliphatic heterocycles. The highest BCUT2D eigenvalue weighted by Crippen LogP contribution is 2.16. The zero-order valence-electron chi connectivity index (χ0n) is 15.8. The van der Waals surface area contributed by atoms with Gasteiger partial charge < -0.3 is 9.80 Å². The van der Waals surface area contributed by atoms with E-state index in [2.05, 4.69) is 26.7 Å². The van der Waals surface area contributed by atoms with E-state index >= 15 is 0 Å². The van der Waals surface area contributed by atoms with Gasteiger partial charge in [0.25, 0.3) is 5.91 Å². The van der Waals surface area contributed by atoms with E-state index in [1.807, 2.05) is 24.3 Å². The Labute approximate surface area is 168 Å². The van der Waals surface area contributed by atoms with Crippen LogP contribution in [0.3, 0.4) is 0 Å². The molecule has 1 amide bonds. The Morgan fingerprint density at radius 1 is 0.897 bits per heavy atom. The molecule has 1 saturated heterocycles. The lowest BCUT2D eigenvalue weighted by molar-refractivity contribution is 0.0746. The van der Waals surface area contributed by atoms with Gasteiger partial charge in [0, 0.05) is 44.1 Å². The number of piperazine rings is 1. The molecule has 1 aromatic carbocycles. The molecule has 0 spiro atoms. The van der Waals surface area contributed by atoms with Crippen LogP contribution in [0, 0.1) is 17.7 Å². The summed E-state index contributed by atoms with van der Waals surface area (Å²) in [5.41, 5.74) is 1.17. The van der Waals surface area contributed by atoms with Gasteiger partial charge in [0.15, 0.2) is 0 Å². The Morgan fingerprint density at radius 2 is 1.66 bits per heavy atom. The maximum atomic E-state index is 14.2. The van der Waals surface area contributed by atoms with Crippen molar-refractivity contribution in [1.82, 2.24) is 14.9 Å². The van der Waals surface area contributed by atoms with E-state index in [-0.39, 0.29) is 11.5 Å². The molecule has 2 aromatic heterocycles. The van der Waals surface area contributed by atoms with Gasteiger partial charge in [0.05, 0.1) is 5.56 Å². The van der Waals surface area contributed by atoms with Crippen LogP contribution < -0.4 is 4.90 Å². The van der Waals surface area contributed by atoms with Crippen molar-refractivity contribution in [1.29, 1.82) is 0 Å². The summed E-state index contributed by atoms with van der Waals surface area (Å²) in [5.74, 6) is 5.95. The van der Waals surface area contributed by atoms with Crippen molar-refractivity contribution in [2.45, 2.75) is 0 Å². The fourth-order valence-electron chi connectivity index (χ4n) is 3.18. The quantitative estimate of drug-likeness (QED) is 0.636. The number of anilines is 1. The molecule has 1 fully saturated rings. The molecule has 1 aliphatic rings. The molecule has 144 valence electrons. The molecular weight excluding hydrogens is 367 g/mol. The first-order valence-corrected chi connectivity index (χ1v) is 9.38. The SMILES string of the molecule is O=C(c1ccc(F)c(C#Cc2ccccn2)c1)N1CCN(c2ccccn2)CC1. The topological polar surface area (TPSA) is 49.3 Å². The molecule has 3 aromatic rings. The van der Waals surface area contributed by atoms with Gasteiger partial charge in [-0.05, 0) is 48.4 Å². The van der Waals surface area contributed by atoms with Crippen LogP contribution in [0.4, 0.5) is 10.2 Å². The minimum Gasteiger partial charge on any atom is -0.353 e. The Morgan fingerprint density at radius 3 is 2.34 bits per heavy atom. The maximum Gasteiger partial charge on any atom is 0.254 e. The summed E-state index contributed by atoms with van der Waals surface area (Å²) in [6.07, 6.45) is 3.39. The fraction of sp³-hybridized carbons (Fsp3) is 0.174. The van der Waals surface area contributed by atoms with Crippen LogP contribution in [0.5, 0.6) is 0 Å². The molecule has 5 nitrogen and oxygen atoms in total. The van der Waals surface area contributed by atoms with Crippen LogP contribution in [-0.4, -0.2) is 47.0 Å². The molecule has 0 radical (unpaired) electrons. The molecule has 0 N–H and O–H groups in total. The summed E-state index contributed by atoms with van der Waals surface area (Å²) in [7, 11) is 0. The third kappa shape index (κ3) is 4.41. The number of pyridine rings is 2. The predicted octanol–water partition coefficient (Wildman–Crippen LogP) is 2.98. The minimum absolute atomic E-state index is 0.119. The van der Waals surface area contributed by atoms with Crippen LogP contribution >= 0.6 is 0 Å². The monoisotopic (exact) mass is 386 g/mol. The maximum absolute atomic E-state index is 14.2. The molecule has 29 heavy (non-hydrogen) atoms. The smallest absolute Gasteiger partial charge is 0.254 e. The third-order valence-corrected chi connectivity index (χ3v) is 4.74. The summed E-state index contributed by atoms with van der Waals surface area (Å²) < 4.78 is 14.2. The number of carbonyl (C=O) groups excluding carboxylic acids is 1. The Balaban J connectivity index is 1.46. The summed E-state index contributed by atoms with van der Waals surface area (Å²) in [5, 5.41) is 0. The highest BCUT2D eigenvalue weighted by Gasteiger charge is 2.23. The predicted molar refractivity (Wildman–Crippen MR) is 109 cm³/mol. The van der Waals surface area contributed by atoms with E-state index in [1.165, 1.54) is 18.2 Å². The zero-order chi connectivity index (χ0) is 20.1. The normalized spacial score (nSPS) is 13.6. The summed E-state index contributed by atoms with van der Waals surface area (Å²) in [4.78, 5) is 25.3. The van der Waals surface area contributed by atoms with Gasteiger partial charge >= 0.3 is 0 Å². The van der Waals surface area contributed by atoms with Gasteiger partial charge in [-0.2, -0.15) is 0 Å². The molecule has 0 saturated carbocycles. The molecule has 0 bridgehead atoms. The van der Waals surface area contributed by atoms with Gasteiger partial charge in [-0.25, -0.2) is 14.4 Å². The molecule has 3 heterocycles. The number of halogens is 1. The van der Waals surface area contributed by atoms with Crippen molar-refractivity contribution in [2.75, 3.05) is 31.1 Å². The third-order valence-electron chi connectivity index (χ3n) is 4.74. The van der Waals surface area contributed by atoms with E-state index in [9.17, 15) is 9.18 Å². The highest BCUT2D eigenvalue weighted by atomic mass is 19.1. The number of aromatic nitrogens is 2. The van der Waals surface area contributed by atoms with E-state index in [0.717, 1.165) is 5.82 Å². The van der Waals surface area contributed by atoms with Crippen molar-refractivity contribution < 1.29 is 9.18 Å². The fourth-order valence-corrected chi connectivity index (χ4v) is 3.18. The molecular formula is C23H19FN4O. The zero-order valence-corrected chi connectivity index (χ0v) is 15.8. The van der Waals surface area contributed by atoms with Crippen LogP contribution in [0.2, 0.25) is 0 Å². The van der Waals surface area contributed by atoms with Crippen molar-refractivity contribution in [3.05, 3.63) is 89.6 Å². The number of nitrogens with zero attached hydrogens (tertiary/aromatic N) is 4. The average molecular weight is 386 g/mol. The first-order valence-electron chi connectivity index (χ1n) is 9.38.